The minimum absolute atomic E-state index is 0.142. The highest BCUT2D eigenvalue weighted by Gasteiger charge is 2.23. The summed E-state index contributed by atoms with van der Waals surface area (Å²) in [5, 5.41) is 0. The fraction of sp³-hybridized carbons (Fsp3) is 0.450. The largest absolute Gasteiger partial charge is 0.353 e. The summed E-state index contributed by atoms with van der Waals surface area (Å²) in [5.74, 6) is 0.765. The topological polar surface area (TPSA) is 25.2 Å². The molecule has 0 unspecified atom stereocenters. The average Bonchev–Trinajstić information content (AvgIpc) is 2.89. The highest BCUT2D eigenvalue weighted by Crippen LogP contribution is 2.29. The van der Waals surface area contributed by atoms with Gasteiger partial charge in [0.05, 0.1) is 0 Å². The quantitative estimate of drug-likeness (QED) is 0.800. The van der Waals surface area contributed by atoms with E-state index in [9.17, 15) is 4.79 Å². The molecule has 1 aromatic carbocycles. The van der Waals surface area contributed by atoms with Gasteiger partial charge in [0, 0.05) is 37.6 Å². The van der Waals surface area contributed by atoms with Crippen molar-refractivity contribution in [2.75, 3.05) is 13.1 Å². The predicted octanol–water partition coefficient (Wildman–Crippen LogP) is 3.92. The van der Waals surface area contributed by atoms with Gasteiger partial charge in [0.2, 0.25) is 0 Å². The van der Waals surface area contributed by atoms with E-state index in [0.717, 1.165) is 25.2 Å². The van der Waals surface area contributed by atoms with Gasteiger partial charge in [-0.3, -0.25) is 9.69 Å². The lowest BCUT2D eigenvalue weighted by Crippen LogP contribution is -2.34. The Labute approximate surface area is 138 Å². The second kappa shape index (κ2) is 6.71. The molecule has 0 aliphatic carbocycles. The van der Waals surface area contributed by atoms with Gasteiger partial charge in [-0.2, -0.15) is 0 Å². The predicted molar refractivity (Wildman–Crippen MR) is 93.8 cm³/mol. The van der Waals surface area contributed by atoms with E-state index >= 15 is 0 Å². The molecule has 0 amide bonds. The van der Waals surface area contributed by atoms with Crippen molar-refractivity contribution >= 4 is 5.78 Å². The molecule has 23 heavy (non-hydrogen) atoms. The first-order chi connectivity index (χ1) is 11.0. The number of nitrogens with zero attached hydrogens (tertiary/aromatic N) is 2. The molecule has 1 aliphatic rings. The Morgan fingerprint density at radius 3 is 2.78 bits per heavy atom. The van der Waals surface area contributed by atoms with Gasteiger partial charge in [0.15, 0.2) is 5.78 Å². The number of carbonyl (C=O) groups is 1. The fourth-order valence-electron chi connectivity index (χ4n) is 3.69. The number of likely N-dealkylation sites (tertiary alicyclic amines) is 1. The maximum Gasteiger partial charge on any atom is 0.161 e. The molecule has 2 heterocycles. The molecule has 3 nitrogen and oxygen atoms in total. The first-order valence-electron chi connectivity index (χ1n) is 8.48. The normalized spacial score (nSPS) is 19.0. The zero-order chi connectivity index (χ0) is 16.4. The third-order valence-electron chi connectivity index (χ3n) is 5.03. The SMILES string of the molecule is CC(=O)c1cc(CN2CCC[C@H](c3ccccc3C)C2)n(C)c1. The van der Waals surface area contributed by atoms with Gasteiger partial charge in [-0.05, 0) is 56.3 Å². The summed E-state index contributed by atoms with van der Waals surface area (Å²) in [6.45, 7) is 7.01. The second-order valence-corrected chi connectivity index (χ2v) is 6.82. The van der Waals surface area contributed by atoms with E-state index < -0.39 is 0 Å². The van der Waals surface area contributed by atoms with E-state index in [0.29, 0.717) is 5.92 Å². The van der Waals surface area contributed by atoms with Gasteiger partial charge in [-0.1, -0.05) is 24.3 Å². The zero-order valence-electron chi connectivity index (χ0n) is 14.4. The summed E-state index contributed by atoms with van der Waals surface area (Å²) in [4.78, 5) is 14.1. The van der Waals surface area contributed by atoms with Crippen LogP contribution in [0.15, 0.2) is 36.5 Å². The summed E-state index contributed by atoms with van der Waals surface area (Å²) < 4.78 is 2.09. The Kier molecular flexibility index (Phi) is 4.67. The number of hydrogen-bond donors (Lipinski definition) is 0. The van der Waals surface area contributed by atoms with E-state index in [2.05, 4.69) is 40.7 Å². The minimum Gasteiger partial charge on any atom is -0.353 e. The van der Waals surface area contributed by atoms with Crippen molar-refractivity contribution < 1.29 is 4.79 Å². The summed E-state index contributed by atoms with van der Waals surface area (Å²) >= 11 is 0. The molecule has 0 spiro atoms. The van der Waals surface area contributed by atoms with Gasteiger partial charge >= 0.3 is 0 Å². The molecule has 0 saturated carbocycles. The van der Waals surface area contributed by atoms with Crippen LogP contribution < -0.4 is 0 Å². The summed E-state index contributed by atoms with van der Waals surface area (Å²) in [7, 11) is 2.03. The first-order valence-corrected chi connectivity index (χ1v) is 8.48. The van der Waals surface area contributed by atoms with Crippen molar-refractivity contribution in [3.8, 4) is 0 Å². The van der Waals surface area contributed by atoms with Crippen molar-refractivity contribution in [3.63, 3.8) is 0 Å². The van der Waals surface area contributed by atoms with E-state index in [1.54, 1.807) is 6.92 Å². The van der Waals surface area contributed by atoms with Crippen LogP contribution in [0.1, 0.15) is 52.9 Å². The van der Waals surface area contributed by atoms with Gasteiger partial charge in [-0.15, -0.1) is 0 Å². The Morgan fingerprint density at radius 2 is 2.09 bits per heavy atom. The first kappa shape index (κ1) is 16.0. The van der Waals surface area contributed by atoms with Crippen LogP contribution in [0.5, 0.6) is 0 Å². The van der Waals surface area contributed by atoms with Gasteiger partial charge in [-0.25, -0.2) is 0 Å². The molecule has 0 N–H and O–H groups in total. The van der Waals surface area contributed by atoms with Crippen LogP contribution in [0.3, 0.4) is 0 Å². The number of piperidine rings is 1. The lowest BCUT2D eigenvalue weighted by molar-refractivity contribution is 0.101. The van der Waals surface area contributed by atoms with E-state index in [4.69, 9.17) is 0 Å². The second-order valence-electron chi connectivity index (χ2n) is 6.82. The Morgan fingerprint density at radius 1 is 1.30 bits per heavy atom. The molecule has 1 aromatic heterocycles. The maximum atomic E-state index is 11.6. The van der Waals surface area contributed by atoms with Crippen LogP contribution in [0, 0.1) is 6.92 Å². The minimum atomic E-state index is 0.142. The number of rotatable bonds is 4. The van der Waals surface area contributed by atoms with E-state index in [1.165, 1.54) is 29.7 Å². The molecular formula is C20H26N2O. The van der Waals surface area contributed by atoms with Crippen LogP contribution in [0.25, 0.3) is 0 Å². The molecule has 122 valence electrons. The number of aryl methyl sites for hydroxylation is 2. The van der Waals surface area contributed by atoms with E-state index in [1.807, 2.05) is 19.3 Å². The fourth-order valence-corrected chi connectivity index (χ4v) is 3.69. The van der Waals surface area contributed by atoms with Gasteiger partial charge < -0.3 is 4.57 Å². The number of Topliss-reactive ketones (excluding diaryl/α,β-unsaturated/α-hetero) is 1. The van der Waals surface area contributed by atoms with Crippen LogP contribution in [0.4, 0.5) is 0 Å². The van der Waals surface area contributed by atoms with Crippen molar-refractivity contribution in [3.05, 3.63) is 58.9 Å². The molecule has 3 rings (SSSR count). The monoisotopic (exact) mass is 310 g/mol. The van der Waals surface area contributed by atoms with Crippen molar-refractivity contribution in [1.29, 1.82) is 0 Å². The number of aromatic nitrogens is 1. The van der Waals surface area contributed by atoms with Crippen molar-refractivity contribution in [2.24, 2.45) is 7.05 Å². The van der Waals surface area contributed by atoms with Gasteiger partial charge in [0.25, 0.3) is 0 Å². The van der Waals surface area contributed by atoms with Crippen LogP contribution in [0.2, 0.25) is 0 Å². The summed E-state index contributed by atoms with van der Waals surface area (Å²) in [6.07, 6.45) is 4.45. The smallest absolute Gasteiger partial charge is 0.161 e. The number of benzene rings is 1. The molecular weight excluding hydrogens is 284 g/mol. The lowest BCUT2D eigenvalue weighted by atomic mass is 9.88. The third-order valence-corrected chi connectivity index (χ3v) is 5.03. The third kappa shape index (κ3) is 3.56. The standard InChI is InChI=1S/C20H26N2O/c1-15-7-4-5-9-20(15)17-8-6-10-22(13-17)14-19-11-18(16(2)23)12-21(19)3/h4-5,7,9,11-12,17H,6,8,10,13-14H2,1-3H3/t17-/m0/s1. The molecule has 1 aliphatic heterocycles. The lowest BCUT2D eigenvalue weighted by Gasteiger charge is -2.33. The van der Waals surface area contributed by atoms with Crippen molar-refractivity contribution in [1.82, 2.24) is 9.47 Å². The average molecular weight is 310 g/mol. The summed E-state index contributed by atoms with van der Waals surface area (Å²) in [5.41, 5.74) is 4.93. The van der Waals surface area contributed by atoms with E-state index in [-0.39, 0.29) is 5.78 Å². The molecule has 2 aromatic rings. The van der Waals surface area contributed by atoms with Crippen LogP contribution in [-0.4, -0.2) is 28.3 Å². The molecule has 1 fully saturated rings. The Balaban J connectivity index is 1.72. The molecule has 0 radical (unpaired) electrons. The molecule has 3 heteroatoms. The highest BCUT2D eigenvalue weighted by atomic mass is 16.1. The maximum absolute atomic E-state index is 11.6. The van der Waals surface area contributed by atoms with Crippen molar-refractivity contribution in [2.45, 2.75) is 39.2 Å². The highest BCUT2D eigenvalue weighted by molar-refractivity contribution is 5.94. The summed E-state index contributed by atoms with van der Waals surface area (Å²) in [6, 6.07) is 10.8. The molecule has 1 atom stereocenters. The molecule has 1 saturated heterocycles. The number of ketones is 1. The Bertz CT molecular complexity index is 701. The molecule has 0 bridgehead atoms. The van der Waals surface area contributed by atoms with Gasteiger partial charge in [0.1, 0.15) is 0 Å². The number of hydrogen-bond acceptors (Lipinski definition) is 2. The Hall–Kier alpha value is -1.87. The van der Waals surface area contributed by atoms with Crippen LogP contribution in [-0.2, 0) is 13.6 Å². The van der Waals surface area contributed by atoms with Crippen LogP contribution >= 0.6 is 0 Å². The zero-order valence-corrected chi connectivity index (χ0v) is 14.4. The number of carbonyl (C=O) groups excluding carboxylic acids is 1.